The van der Waals surface area contributed by atoms with Crippen LogP contribution in [0.1, 0.15) is 40.0 Å². The van der Waals surface area contributed by atoms with Gasteiger partial charge in [-0.25, -0.2) is 4.79 Å². The van der Waals surface area contributed by atoms with Gasteiger partial charge in [-0.1, -0.05) is 0 Å². The molecule has 1 heterocycles. The van der Waals surface area contributed by atoms with Crippen LogP contribution in [-0.2, 0) is 4.74 Å². The van der Waals surface area contributed by atoms with E-state index >= 15 is 0 Å². The third-order valence-corrected chi connectivity index (χ3v) is 3.44. The molecule has 3 atom stereocenters. The number of carbonyl (C=O) groups excluding carboxylic acids is 1. The van der Waals surface area contributed by atoms with Crippen molar-refractivity contribution in [1.82, 2.24) is 4.90 Å². The lowest BCUT2D eigenvalue weighted by Gasteiger charge is -2.29. The van der Waals surface area contributed by atoms with E-state index in [1.54, 1.807) is 4.90 Å². The van der Waals surface area contributed by atoms with Crippen LogP contribution in [0.2, 0.25) is 0 Å². The fourth-order valence-electron chi connectivity index (χ4n) is 2.81. The van der Waals surface area contributed by atoms with Crippen LogP contribution in [0, 0.1) is 5.92 Å². The number of hydrogen-bond acceptors (Lipinski definition) is 3. The standard InChI is InChI=1S/C12H21NO3/c1-12(2,3)16-11(15)13-7-6-8-4-5-9(14)10(8)13/h8-10,14H,4-7H2,1-3H3. The van der Waals surface area contributed by atoms with Crippen molar-refractivity contribution in [2.75, 3.05) is 6.54 Å². The molecular formula is C12H21NO3. The van der Waals surface area contributed by atoms with Gasteiger partial charge < -0.3 is 14.7 Å². The molecule has 0 aromatic carbocycles. The molecule has 0 aromatic heterocycles. The molecule has 0 bridgehead atoms. The maximum absolute atomic E-state index is 11.9. The zero-order chi connectivity index (χ0) is 11.9. The summed E-state index contributed by atoms with van der Waals surface area (Å²) in [6.07, 6.45) is 2.21. The smallest absolute Gasteiger partial charge is 0.410 e. The van der Waals surface area contributed by atoms with Crippen LogP contribution in [0.3, 0.4) is 0 Å². The third kappa shape index (κ3) is 2.17. The van der Waals surface area contributed by atoms with E-state index in [0.29, 0.717) is 5.92 Å². The van der Waals surface area contributed by atoms with Gasteiger partial charge in [0, 0.05) is 6.54 Å². The Morgan fingerprint density at radius 3 is 2.62 bits per heavy atom. The van der Waals surface area contributed by atoms with Gasteiger partial charge in [-0.3, -0.25) is 0 Å². The summed E-state index contributed by atoms with van der Waals surface area (Å²) < 4.78 is 5.35. The van der Waals surface area contributed by atoms with Crippen molar-refractivity contribution in [2.24, 2.45) is 5.92 Å². The van der Waals surface area contributed by atoms with Crippen LogP contribution in [0.25, 0.3) is 0 Å². The van der Waals surface area contributed by atoms with Gasteiger partial charge in [-0.15, -0.1) is 0 Å². The average Bonchev–Trinajstić information content (AvgIpc) is 2.66. The maximum Gasteiger partial charge on any atom is 0.410 e. The van der Waals surface area contributed by atoms with E-state index in [2.05, 4.69) is 0 Å². The zero-order valence-electron chi connectivity index (χ0n) is 10.3. The number of hydrogen-bond donors (Lipinski definition) is 1. The van der Waals surface area contributed by atoms with Crippen molar-refractivity contribution < 1.29 is 14.6 Å². The molecule has 2 rings (SSSR count). The van der Waals surface area contributed by atoms with Gasteiger partial charge >= 0.3 is 6.09 Å². The highest BCUT2D eigenvalue weighted by molar-refractivity contribution is 5.69. The number of likely N-dealkylation sites (tertiary alicyclic amines) is 1. The summed E-state index contributed by atoms with van der Waals surface area (Å²) in [7, 11) is 0. The zero-order valence-corrected chi connectivity index (χ0v) is 10.3. The SMILES string of the molecule is CC(C)(C)OC(=O)N1CCC2CCC(O)C21. The molecule has 2 fully saturated rings. The monoisotopic (exact) mass is 227 g/mol. The van der Waals surface area contributed by atoms with E-state index in [-0.39, 0.29) is 18.2 Å². The number of fused-ring (bicyclic) bond motifs is 1. The second-order valence-electron chi connectivity index (χ2n) is 5.86. The van der Waals surface area contributed by atoms with Crippen LogP contribution in [0.5, 0.6) is 0 Å². The summed E-state index contributed by atoms with van der Waals surface area (Å²) in [5.41, 5.74) is -0.460. The summed E-state index contributed by atoms with van der Waals surface area (Å²) in [6.45, 7) is 6.32. The first kappa shape index (κ1) is 11.7. The molecule has 92 valence electrons. The quantitative estimate of drug-likeness (QED) is 0.686. The van der Waals surface area contributed by atoms with Gasteiger partial charge in [0.25, 0.3) is 0 Å². The Hall–Kier alpha value is -0.770. The molecule has 3 unspecified atom stereocenters. The minimum absolute atomic E-state index is 0.00477. The number of aliphatic hydroxyl groups is 1. The van der Waals surface area contributed by atoms with E-state index in [4.69, 9.17) is 4.74 Å². The number of ether oxygens (including phenoxy) is 1. The van der Waals surface area contributed by atoms with Crippen LogP contribution in [-0.4, -0.2) is 40.4 Å². The number of amides is 1. The first-order valence-corrected chi connectivity index (χ1v) is 6.06. The van der Waals surface area contributed by atoms with Gasteiger partial charge in [-0.05, 0) is 46.0 Å². The summed E-state index contributed by atoms with van der Waals surface area (Å²) in [4.78, 5) is 13.7. The highest BCUT2D eigenvalue weighted by Gasteiger charge is 2.46. The van der Waals surface area contributed by atoms with E-state index in [0.717, 1.165) is 25.8 Å². The number of aliphatic hydroxyl groups excluding tert-OH is 1. The van der Waals surface area contributed by atoms with Crippen molar-refractivity contribution in [3.8, 4) is 0 Å². The number of carbonyl (C=O) groups is 1. The highest BCUT2D eigenvalue weighted by atomic mass is 16.6. The van der Waals surface area contributed by atoms with E-state index in [9.17, 15) is 9.90 Å². The van der Waals surface area contributed by atoms with Crippen LogP contribution >= 0.6 is 0 Å². The largest absolute Gasteiger partial charge is 0.444 e. The van der Waals surface area contributed by atoms with Crippen molar-refractivity contribution in [3.63, 3.8) is 0 Å². The lowest BCUT2D eigenvalue weighted by Crippen LogP contribution is -2.44. The molecule has 0 aromatic rings. The van der Waals surface area contributed by atoms with E-state index in [1.165, 1.54) is 0 Å². The Morgan fingerprint density at radius 2 is 2.00 bits per heavy atom. The fraction of sp³-hybridized carbons (Fsp3) is 0.917. The molecule has 4 heteroatoms. The Labute approximate surface area is 96.6 Å². The Morgan fingerprint density at radius 1 is 1.31 bits per heavy atom. The van der Waals surface area contributed by atoms with Crippen molar-refractivity contribution in [1.29, 1.82) is 0 Å². The van der Waals surface area contributed by atoms with Gasteiger partial charge in [0.05, 0.1) is 12.1 Å². The number of nitrogens with zero attached hydrogens (tertiary/aromatic N) is 1. The van der Waals surface area contributed by atoms with Gasteiger partial charge in [0.15, 0.2) is 0 Å². The molecule has 16 heavy (non-hydrogen) atoms. The summed E-state index contributed by atoms with van der Waals surface area (Å²) in [6, 6.07) is -0.00477. The molecule has 1 N–H and O–H groups in total. The molecule has 4 nitrogen and oxygen atoms in total. The third-order valence-electron chi connectivity index (χ3n) is 3.44. The lowest BCUT2D eigenvalue weighted by molar-refractivity contribution is 0.00753. The fourth-order valence-corrected chi connectivity index (χ4v) is 2.81. The Bertz CT molecular complexity index is 284. The second-order valence-corrected chi connectivity index (χ2v) is 5.86. The van der Waals surface area contributed by atoms with Gasteiger partial charge in [0.1, 0.15) is 5.60 Å². The molecule has 2 aliphatic rings. The minimum atomic E-state index is -0.460. The van der Waals surface area contributed by atoms with Crippen molar-refractivity contribution in [3.05, 3.63) is 0 Å². The van der Waals surface area contributed by atoms with Gasteiger partial charge in [0.2, 0.25) is 0 Å². The Kier molecular flexibility index (Phi) is 2.86. The predicted molar refractivity (Wildman–Crippen MR) is 60.1 cm³/mol. The van der Waals surface area contributed by atoms with E-state index < -0.39 is 5.60 Å². The highest BCUT2D eigenvalue weighted by Crippen LogP contribution is 2.38. The molecule has 1 saturated carbocycles. The number of rotatable bonds is 0. The normalized spacial score (nSPS) is 34.0. The second kappa shape index (κ2) is 3.91. The minimum Gasteiger partial charge on any atom is -0.444 e. The molecule has 1 saturated heterocycles. The topological polar surface area (TPSA) is 49.8 Å². The van der Waals surface area contributed by atoms with Crippen molar-refractivity contribution in [2.45, 2.75) is 57.8 Å². The predicted octanol–water partition coefficient (Wildman–Crippen LogP) is 1.77. The summed E-state index contributed by atoms with van der Waals surface area (Å²) in [5, 5.41) is 9.87. The molecular weight excluding hydrogens is 206 g/mol. The molecule has 1 aliphatic heterocycles. The average molecular weight is 227 g/mol. The van der Waals surface area contributed by atoms with Gasteiger partial charge in [-0.2, -0.15) is 0 Å². The van der Waals surface area contributed by atoms with Crippen LogP contribution in [0.15, 0.2) is 0 Å². The van der Waals surface area contributed by atoms with Crippen LogP contribution < -0.4 is 0 Å². The maximum atomic E-state index is 11.9. The van der Waals surface area contributed by atoms with Crippen molar-refractivity contribution >= 4 is 6.09 Å². The Balaban J connectivity index is 2.02. The first-order valence-electron chi connectivity index (χ1n) is 6.06. The molecule has 0 spiro atoms. The first-order chi connectivity index (χ1) is 7.38. The summed E-state index contributed by atoms with van der Waals surface area (Å²) in [5.74, 6) is 0.475. The summed E-state index contributed by atoms with van der Waals surface area (Å²) >= 11 is 0. The molecule has 0 radical (unpaired) electrons. The molecule has 1 aliphatic carbocycles. The van der Waals surface area contributed by atoms with E-state index in [1.807, 2.05) is 20.8 Å². The lowest BCUT2D eigenvalue weighted by atomic mass is 10.0. The molecule has 1 amide bonds. The van der Waals surface area contributed by atoms with Crippen LogP contribution in [0.4, 0.5) is 4.79 Å².